The summed E-state index contributed by atoms with van der Waals surface area (Å²) < 4.78 is 26.3. The number of rotatable bonds is 21. The summed E-state index contributed by atoms with van der Waals surface area (Å²) in [5.41, 5.74) is 2.05. The van der Waals surface area contributed by atoms with E-state index in [1.54, 1.807) is 47.9 Å². The first-order chi connectivity index (χ1) is 27.3. The lowest BCUT2D eigenvalue weighted by Crippen LogP contribution is -2.54. The molecule has 1 aliphatic heterocycles. The smallest absolute Gasteiger partial charge is 0.326 e. The Morgan fingerprint density at radius 1 is 0.965 bits per heavy atom. The zero-order chi connectivity index (χ0) is 41.5. The number of nitrogens with zero attached hydrogens (tertiary/aromatic N) is 4. The van der Waals surface area contributed by atoms with Gasteiger partial charge in [0.05, 0.1) is 13.2 Å². The van der Waals surface area contributed by atoms with Gasteiger partial charge in [0.1, 0.15) is 54.7 Å². The van der Waals surface area contributed by atoms with Crippen molar-refractivity contribution in [1.29, 1.82) is 0 Å². The van der Waals surface area contributed by atoms with Gasteiger partial charge < -0.3 is 44.1 Å². The minimum absolute atomic E-state index is 0.00118. The maximum atomic E-state index is 13.1. The lowest BCUT2D eigenvalue weighted by atomic mass is 9.91. The third-order valence-electron chi connectivity index (χ3n) is 9.88. The van der Waals surface area contributed by atoms with Gasteiger partial charge >= 0.3 is 17.9 Å². The van der Waals surface area contributed by atoms with Crippen molar-refractivity contribution in [2.24, 2.45) is 5.92 Å². The van der Waals surface area contributed by atoms with E-state index >= 15 is 0 Å². The molecule has 316 valence electrons. The lowest BCUT2D eigenvalue weighted by Gasteiger charge is -2.34. The molecule has 2 fully saturated rings. The van der Waals surface area contributed by atoms with Gasteiger partial charge in [-0.1, -0.05) is 35.4 Å². The molecule has 2 aromatic rings. The lowest BCUT2D eigenvalue weighted by molar-refractivity contribution is -0.201. The maximum absolute atomic E-state index is 13.1. The number of aliphatic hydroxyl groups excluding tert-OH is 3. The SMILES string of the molecule is C/C(=C(\CCOC(=O)CCCC(=O)OC1CCC(N(C)C(=O)c2ccc3nonc3c2)CC1)SSCCC(C)C)N(C=O)CC(=O)OCC1OCC(O)C(O)C1O. The number of fused-ring (bicyclic) bond motifs is 1. The molecule has 2 heterocycles. The van der Waals surface area contributed by atoms with Gasteiger partial charge in [-0.05, 0) is 79.9 Å². The number of aliphatic hydroxyl groups is 3. The van der Waals surface area contributed by atoms with Crippen LogP contribution in [0.2, 0.25) is 0 Å². The number of carbonyl (C=O) groups is 5. The summed E-state index contributed by atoms with van der Waals surface area (Å²) in [6.07, 6.45) is -0.806. The molecule has 19 heteroatoms. The second kappa shape index (κ2) is 23.0. The number of benzene rings is 1. The molecule has 0 radical (unpaired) electrons. The van der Waals surface area contributed by atoms with Crippen molar-refractivity contribution < 1.29 is 62.9 Å². The molecule has 3 N–H and O–H groups in total. The van der Waals surface area contributed by atoms with Crippen molar-refractivity contribution in [2.75, 3.05) is 39.2 Å². The van der Waals surface area contributed by atoms with Crippen molar-refractivity contribution in [2.45, 2.75) is 115 Å². The molecule has 1 saturated heterocycles. The molecule has 1 aliphatic carbocycles. The Labute approximate surface area is 339 Å². The van der Waals surface area contributed by atoms with Gasteiger partial charge in [0.15, 0.2) is 0 Å². The third kappa shape index (κ3) is 14.2. The number of carbonyl (C=O) groups excluding carboxylic acids is 5. The molecular weight excluding hydrogens is 785 g/mol. The van der Waals surface area contributed by atoms with Crippen LogP contribution in [-0.4, -0.2) is 141 Å². The molecule has 0 spiro atoms. The van der Waals surface area contributed by atoms with Crippen LogP contribution in [0.5, 0.6) is 0 Å². The second-order valence-electron chi connectivity index (χ2n) is 14.6. The highest BCUT2D eigenvalue weighted by atomic mass is 33.1. The summed E-state index contributed by atoms with van der Waals surface area (Å²) in [6.45, 7) is 4.88. The molecule has 1 saturated carbocycles. The van der Waals surface area contributed by atoms with E-state index in [9.17, 15) is 39.3 Å². The largest absolute Gasteiger partial charge is 0.465 e. The van der Waals surface area contributed by atoms with E-state index in [4.69, 9.17) is 23.6 Å². The van der Waals surface area contributed by atoms with Gasteiger partial charge in [-0.2, -0.15) is 0 Å². The maximum Gasteiger partial charge on any atom is 0.326 e. The minimum atomic E-state index is -1.45. The first-order valence-corrected chi connectivity index (χ1v) is 21.5. The van der Waals surface area contributed by atoms with Crippen LogP contribution in [-0.2, 0) is 38.1 Å². The third-order valence-corrected chi connectivity index (χ3v) is 12.6. The van der Waals surface area contributed by atoms with Crippen molar-refractivity contribution in [3.63, 3.8) is 0 Å². The summed E-state index contributed by atoms with van der Waals surface area (Å²) >= 11 is 0. The number of allylic oxidation sites excluding steroid dienone is 1. The van der Waals surface area contributed by atoms with Crippen molar-refractivity contribution in [3.8, 4) is 0 Å². The monoisotopic (exact) mass is 838 g/mol. The van der Waals surface area contributed by atoms with Crippen molar-refractivity contribution in [1.82, 2.24) is 20.1 Å². The topological polar surface area (TPSA) is 228 Å². The van der Waals surface area contributed by atoms with Crippen LogP contribution in [0.1, 0.15) is 88.9 Å². The molecule has 4 rings (SSSR count). The van der Waals surface area contributed by atoms with Crippen LogP contribution < -0.4 is 0 Å². The highest BCUT2D eigenvalue weighted by Crippen LogP contribution is 2.36. The van der Waals surface area contributed by atoms with E-state index in [0.717, 1.165) is 17.1 Å². The predicted molar refractivity (Wildman–Crippen MR) is 209 cm³/mol. The fourth-order valence-corrected chi connectivity index (χ4v) is 9.01. The molecule has 4 atom stereocenters. The Kier molecular flexibility index (Phi) is 18.5. The van der Waals surface area contributed by atoms with Gasteiger partial charge in [0.25, 0.3) is 5.91 Å². The summed E-state index contributed by atoms with van der Waals surface area (Å²) in [6, 6.07) is 5.03. The van der Waals surface area contributed by atoms with E-state index in [2.05, 4.69) is 24.2 Å². The molecule has 0 bridgehead atoms. The number of amides is 2. The summed E-state index contributed by atoms with van der Waals surface area (Å²) in [5, 5.41) is 37.2. The quantitative estimate of drug-likeness (QED) is 0.0538. The Morgan fingerprint density at radius 3 is 2.40 bits per heavy atom. The highest BCUT2D eigenvalue weighted by molar-refractivity contribution is 8.78. The van der Waals surface area contributed by atoms with Gasteiger partial charge in [-0.15, -0.1) is 0 Å². The molecule has 2 amide bonds. The highest BCUT2D eigenvalue weighted by Gasteiger charge is 2.38. The van der Waals surface area contributed by atoms with E-state index in [0.29, 0.717) is 60.3 Å². The van der Waals surface area contributed by atoms with Crippen LogP contribution in [0.25, 0.3) is 11.0 Å². The minimum Gasteiger partial charge on any atom is -0.465 e. The summed E-state index contributed by atoms with van der Waals surface area (Å²) in [7, 11) is 4.78. The fraction of sp³-hybridized carbons (Fsp3) is 0.658. The Balaban J connectivity index is 1.17. The van der Waals surface area contributed by atoms with Crippen LogP contribution in [0.4, 0.5) is 0 Å². The molecule has 4 unspecified atom stereocenters. The Hall–Kier alpha value is -3.75. The summed E-state index contributed by atoms with van der Waals surface area (Å²) in [4.78, 5) is 66.6. The van der Waals surface area contributed by atoms with E-state index in [1.165, 1.54) is 15.7 Å². The van der Waals surface area contributed by atoms with Crippen LogP contribution in [0.15, 0.2) is 33.4 Å². The molecule has 1 aromatic heterocycles. The Morgan fingerprint density at radius 2 is 1.68 bits per heavy atom. The predicted octanol–water partition coefficient (Wildman–Crippen LogP) is 3.39. The second-order valence-corrected chi connectivity index (χ2v) is 17.1. The average molecular weight is 839 g/mol. The van der Waals surface area contributed by atoms with Crippen LogP contribution >= 0.6 is 21.6 Å². The van der Waals surface area contributed by atoms with Crippen molar-refractivity contribution in [3.05, 3.63) is 34.4 Å². The van der Waals surface area contributed by atoms with Crippen LogP contribution in [0, 0.1) is 5.92 Å². The van der Waals surface area contributed by atoms with E-state index in [1.807, 2.05) is 0 Å². The van der Waals surface area contributed by atoms with Gasteiger partial charge in [0.2, 0.25) is 6.41 Å². The van der Waals surface area contributed by atoms with Crippen LogP contribution in [0.3, 0.4) is 0 Å². The molecule has 1 aromatic carbocycles. The zero-order valence-electron chi connectivity index (χ0n) is 32.8. The molecule has 2 aliphatic rings. The molecule has 57 heavy (non-hydrogen) atoms. The van der Waals surface area contributed by atoms with Crippen molar-refractivity contribution >= 4 is 62.8 Å². The molecule has 17 nitrogen and oxygen atoms in total. The van der Waals surface area contributed by atoms with Gasteiger partial charge in [-0.3, -0.25) is 24.0 Å². The van der Waals surface area contributed by atoms with Gasteiger partial charge in [-0.25, -0.2) is 4.63 Å². The zero-order valence-corrected chi connectivity index (χ0v) is 34.4. The molecular formula is C38H54N4O13S2. The standard InChI is InChI=1S/C38H54N4O13S2/c1-23(2)15-17-56-57-32(24(3)42(22-43)19-35(47)53-21-31-37(49)36(48)30(44)20-52-31)14-16-51-33(45)6-5-7-34(46)54-27-11-9-26(10-12-27)41(4)38(50)25-8-13-28-29(18-25)40-55-39-28/h8,13,18,22-23,26-27,30-31,36-37,44,48-49H,5-7,9-12,14-17,19-21H2,1-4H3/b32-24-. The normalized spacial score (nSPS) is 22.7. The average Bonchev–Trinajstić information content (AvgIpc) is 3.67. The fourth-order valence-electron chi connectivity index (χ4n) is 6.23. The van der Waals surface area contributed by atoms with E-state index in [-0.39, 0.29) is 63.6 Å². The number of esters is 3. The van der Waals surface area contributed by atoms with Gasteiger partial charge in [0, 0.05) is 54.3 Å². The number of aromatic nitrogens is 2. The number of ether oxygens (including phenoxy) is 4. The summed E-state index contributed by atoms with van der Waals surface area (Å²) in [5.74, 6) is -0.458. The first kappa shape index (κ1) is 45.9. The Bertz CT molecular complexity index is 1680. The number of hydrogen-bond donors (Lipinski definition) is 3. The van der Waals surface area contributed by atoms with E-state index < -0.39 is 48.9 Å². The number of hydrogen-bond acceptors (Lipinski definition) is 17. The first-order valence-electron chi connectivity index (χ1n) is 19.1.